The van der Waals surface area contributed by atoms with Gasteiger partial charge in [-0.25, -0.2) is 0 Å². The van der Waals surface area contributed by atoms with E-state index < -0.39 is 45.3 Å². The molecule has 1 aliphatic heterocycles. The van der Waals surface area contributed by atoms with Gasteiger partial charge in [0.15, 0.2) is 0 Å². The molecule has 8 heteroatoms. The van der Waals surface area contributed by atoms with Crippen LogP contribution in [0.1, 0.15) is 43.0 Å². The standard InChI is InChI=1S/C31H28Cl2N2O4/c1-4-39-23-16-10-9-15-22(23)34-27(36)26(17(2)3)35-28(37)24-25(29(35)38)31(33)19-12-6-5-11-18(19)30(24,32)20-13-7-8-14-21(20)31/h5-17,24-26H,4H2,1-3H3,(H,34,36)/t24-,25-,26-,30?,31?/m0/s1. The van der Waals surface area contributed by atoms with Gasteiger partial charge in [-0.15, -0.1) is 23.2 Å². The number of nitrogens with zero attached hydrogens (tertiary/aromatic N) is 1. The Kier molecular flexibility index (Phi) is 6.05. The third kappa shape index (κ3) is 3.37. The molecule has 3 amide bonds. The topological polar surface area (TPSA) is 75.7 Å². The predicted octanol–water partition coefficient (Wildman–Crippen LogP) is 5.64. The quantitative estimate of drug-likeness (QED) is 0.311. The summed E-state index contributed by atoms with van der Waals surface area (Å²) >= 11 is 15.0. The van der Waals surface area contributed by atoms with E-state index in [1.807, 2.05) is 75.4 Å². The highest BCUT2D eigenvalue weighted by atomic mass is 35.5. The molecule has 6 nitrogen and oxygen atoms in total. The lowest BCUT2D eigenvalue weighted by Crippen LogP contribution is -2.57. The minimum absolute atomic E-state index is 0.378. The van der Waals surface area contributed by atoms with E-state index in [1.165, 1.54) is 0 Å². The van der Waals surface area contributed by atoms with Crippen molar-refractivity contribution in [2.24, 2.45) is 17.8 Å². The Morgan fingerprint density at radius 1 is 0.846 bits per heavy atom. The lowest BCUT2D eigenvalue weighted by molar-refractivity contribution is -0.148. The number of rotatable bonds is 6. The van der Waals surface area contributed by atoms with Gasteiger partial charge in [-0.2, -0.15) is 0 Å². The first kappa shape index (κ1) is 25.9. The van der Waals surface area contributed by atoms with E-state index in [-0.39, 0.29) is 5.92 Å². The van der Waals surface area contributed by atoms with Gasteiger partial charge in [-0.05, 0) is 47.2 Å². The van der Waals surface area contributed by atoms with Gasteiger partial charge in [0, 0.05) is 0 Å². The molecular formula is C31H28Cl2N2O4. The smallest absolute Gasteiger partial charge is 0.248 e. The Balaban J connectivity index is 1.46. The molecule has 7 rings (SSSR count). The molecule has 0 radical (unpaired) electrons. The van der Waals surface area contributed by atoms with Crippen molar-refractivity contribution in [1.29, 1.82) is 0 Å². The maximum absolute atomic E-state index is 14.3. The molecule has 3 aromatic rings. The van der Waals surface area contributed by atoms with Crippen LogP contribution in [0, 0.1) is 17.8 Å². The van der Waals surface area contributed by atoms with E-state index in [4.69, 9.17) is 27.9 Å². The van der Waals surface area contributed by atoms with Crippen molar-refractivity contribution in [3.63, 3.8) is 0 Å². The Hall–Kier alpha value is -3.35. The number of amides is 3. The summed E-state index contributed by atoms with van der Waals surface area (Å²) in [4.78, 5) is 41.0. The monoisotopic (exact) mass is 562 g/mol. The Bertz CT molecular complexity index is 1400. The summed E-state index contributed by atoms with van der Waals surface area (Å²) in [7, 11) is 0. The van der Waals surface area contributed by atoms with Crippen LogP contribution in [0.4, 0.5) is 5.69 Å². The number of alkyl halides is 2. The van der Waals surface area contributed by atoms with Gasteiger partial charge in [0.1, 0.15) is 21.5 Å². The number of halogens is 2. The van der Waals surface area contributed by atoms with Crippen LogP contribution in [0.2, 0.25) is 0 Å². The first-order valence-corrected chi connectivity index (χ1v) is 13.9. The van der Waals surface area contributed by atoms with Crippen LogP contribution in [0.5, 0.6) is 5.75 Å². The fourth-order valence-corrected chi connectivity index (χ4v) is 7.84. The summed E-state index contributed by atoms with van der Waals surface area (Å²) in [6.07, 6.45) is 0. The molecule has 1 saturated heterocycles. The molecule has 0 saturated carbocycles. The van der Waals surface area contributed by atoms with Crippen molar-refractivity contribution in [3.05, 3.63) is 95.1 Å². The lowest BCUT2D eigenvalue weighted by atomic mass is 9.54. The fourth-order valence-electron chi connectivity index (χ4n) is 6.74. The number of benzene rings is 3. The SMILES string of the molecule is CCOc1ccccc1NC(=O)[C@H](C(C)C)N1C(=O)[C@@H]2[C@@H](C1=O)C1(Cl)c3ccccc3C2(Cl)c2ccccc21. The van der Waals surface area contributed by atoms with Gasteiger partial charge in [-0.3, -0.25) is 19.3 Å². The largest absolute Gasteiger partial charge is 0.492 e. The highest BCUT2D eigenvalue weighted by molar-refractivity contribution is 6.36. The number of imide groups is 1. The first-order chi connectivity index (χ1) is 18.7. The van der Waals surface area contributed by atoms with E-state index >= 15 is 0 Å². The number of carbonyl (C=O) groups is 3. The predicted molar refractivity (Wildman–Crippen MR) is 150 cm³/mol. The number of nitrogens with one attached hydrogen (secondary N) is 1. The molecule has 0 aromatic heterocycles. The van der Waals surface area contributed by atoms with Crippen molar-refractivity contribution in [1.82, 2.24) is 4.90 Å². The van der Waals surface area contributed by atoms with Crippen molar-refractivity contribution >= 4 is 46.6 Å². The van der Waals surface area contributed by atoms with E-state index in [9.17, 15) is 14.4 Å². The van der Waals surface area contributed by atoms with Gasteiger partial charge < -0.3 is 10.1 Å². The number of likely N-dealkylation sites (tertiary alicyclic amines) is 1. The minimum atomic E-state index is -1.30. The Morgan fingerprint density at radius 3 is 1.72 bits per heavy atom. The molecule has 0 unspecified atom stereocenters. The fraction of sp³-hybridized carbons (Fsp3) is 0.323. The number of hydrogen-bond acceptors (Lipinski definition) is 4. The third-order valence-electron chi connectivity index (χ3n) is 8.24. The van der Waals surface area contributed by atoms with Crippen LogP contribution in [0.3, 0.4) is 0 Å². The molecule has 3 aromatic carbocycles. The van der Waals surface area contributed by atoms with Crippen LogP contribution in [-0.2, 0) is 24.1 Å². The van der Waals surface area contributed by atoms with Crippen molar-refractivity contribution in [2.45, 2.75) is 36.6 Å². The van der Waals surface area contributed by atoms with Crippen LogP contribution in [0.15, 0.2) is 72.8 Å². The van der Waals surface area contributed by atoms with Crippen LogP contribution >= 0.6 is 23.2 Å². The summed E-state index contributed by atoms with van der Waals surface area (Å²) in [5, 5.41) is 2.89. The zero-order valence-electron chi connectivity index (χ0n) is 21.8. The molecule has 2 bridgehead atoms. The zero-order chi connectivity index (χ0) is 27.7. The molecule has 200 valence electrons. The van der Waals surface area contributed by atoms with Gasteiger partial charge in [0.2, 0.25) is 17.7 Å². The molecule has 1 N–H and O–H groups in total. The highest BCUT2D eigenvalue weighted by Gasteiger charge is 2.73. The first-order valence-electron chi connectivity index (χ1n) is 13.1. The third-order valence-corrected chi connectivity index (χ3v) is 9.53. The van der Waals surface area contributed by atoms with Crippen LogP contribution < -0.4 is 10.1 Å². The maximum Gasteiger partial charge on any atom is 0.248 e. The lowest BCUT2D eigenvalue weighted by Gasteiger charge is -2.54. The van der Waals surface area contributed by atoms with E-state index in [0.29, 0.717) is 18.0 Å². The summed E-state index contributed by atoms with van der Waals surface area (Å²) in [6, 6.07) is 21.0. The Labute approximate surface area is 237 Å². The molecule has 4 aliphatic rings. The average molecular weight is 563 g/mol. The molecule has 3 aliphatic carbocycles. The summed E-state index contributed by atoms with van der Waals surface area (Å²) in [6.45, 7) is 5.90. The minimum Gasteiger partial charge on any atom is -0.492 e. The van der Waals surface area contributed by atoms with Gasteiger partial charge >= 0.3 is 0 Å². The molecule has 1 fully saturated rings. The van der Waals surface area contributed by atoms with E-state index in [1.54, 1.807) is 18.2 Å². The molecule has 0 spiro atoms. The average Bonchev–Trinajstić information content (AvgIpc) is 3.19. The van der Waals surface area contributed by atoms with Crippen LogP contribution in [-0.4, -0.2) is 35.3 Å². The van der Waals surface area contributed by atoms with Crippen molar-refractivity contribution in [3.8, 4) is 5.75 Å². The number of para-hydroxylation sites is 2. The summed E-state index contributed by atoms with van der Waals surface area (Å²) < 4.78 is 5.66. The second-order valence-electron chi connectivity index (χ2n) is 10.6. The molecular weight excluding hydrogens is 535 g/mol. The molecule has 3 atom stereocenters. The number of carbonyl (C=O) groups excluding carboxylic acids is 3. The zero-order valence-corrected chi connectivity index (χ0v) is 23.3. The second-order valence-corrected chi connectivity index (χ2v) is 11.8. The van der Waals surface area contributed by atoms with E-state index in [2.05, 4.69) is 5.32 Å². The molecule has 1 heterocycles. The highest BCUT2D eigenvalue weighted by Crippen LogP contribution is 2.69. The van der Waals surface area contributed by atoms with Gasteiger partial charge in [0.25, 0.3) is 0 Å². The van der Waals surface area contributed by atoms with E-state index in [0.717, 1.165) is 27.2 Å². The van der Waals surface area contributed by atoms with Crippen LogP contribution in [0.25, 0.3) is 0 Å². The Morgan fingerprint density at radius 2 is 1.28 bits per heavy atom. The van der Waals surface area contributed by atoms with Gasteiger partial charge in [0.05, 0.1) is 24.1 Å². The number of ether oxygens (including phenoxy) is 1. The number of hydrogen-bond donors (Lipinski definition) is 1. The van der Waals surface area contributed by atoms with Crippen molar-refractivity contribution in [2.75, 3.05) is 11.9 Å². The summed E-state index contributed by atoms with van der Waals surface area (Å²) in [5.41, 5.74) is 3.36. The maximum atomic E-state index is 14.3. The normalized spacial score (nSPS) is 27.2. The summed E-state index contributed by atoms with van der Waals surface area (Å²) in [5.74, 6) is -3.24. The molecule has 39 heavy (non-hydrogen) atoms. The number of anilines is 1. The van der Waals surface area contributed by atoms with Gasteiger partial charge in [-0.1, -0.05) is 74.5 Å². The second kappa shape index (κ2) is 9.10. The van der Waals surface area contributed by atoms with Crippen molar-refractivity contribution < 1.29 is 19.1 Å².